The molecule has 0 spiro atoms. The van der Waals surface area contributed by atoms with E-state index < -0.39 is 0 Å². The first-order chi connectivity index (χ1) is 15.7. The first-order valence-electron chi connectivity index (χ1n) is 10.5. The Labute approximate surface area is 186 Å². The number of piperidine rings is 1. The van der Waals surface area contributed by atoms with Gasteiger partial charge in [-0.05, 0) is 42.5 Å². The molecule has 8 nitrogen and oxygen atoms in total. The van der Waals surface area contributed by atoms with Crippen molar-refractivity contribution in [1.82, 2.24) is 24.5 Å². The second-order valence-corrected chi connectivity index (χ2v) is 8.77. The Morgan fingerprint density at radius 3 is 2.69 bits per heavy atom. The number of H-pyrrole nitrogens is 2. The molecule has 1 aromatic carbocycles. The van der Waals surface area contributed by atoms with Crippen LogP contribution in [0.1, 0.15) is 18.9 Å². The number of nitrogens with one attached hydrogen (secondary N) is 2. The summed E-state index contributed by atoms with van der Waals surface area (Å²) in [6.07, 6.45) is 3.27. The number of anilines is 1. The van der Waals surface area contributed by atoms with Crippen molar-refractivity contribution in [2.24, 2.45) is 0 Å². The molecule has 1 aliphatic heterocycles. The number of para-hydroxylation sites is 2. The number of fused-ring (bicyclic) bond motifs is 2. The Balaban J connectivity index is 1.34. The SMILES string of the molecule is O=c1[nH]c(-c2ccsc2)nc2c(N3CCC(n4c(=O)[nH]c5ccccc54)CC3)nccc12. The Morgan fingerprint density at radius 1 is 1.03 bits per heavy atom. The molecule has 0 bridgehead atoms. The van der Waals surface area contributed by atoms with Crippen molar-refractivity contribution in [3.63, 3.8) is 0 Å². The number of nitrogens with zero attached hydrogens (tertiary/aromatic N) is 4. The van der Waals surface area contributed by atoms with Gasteiger partial charge in [-0.25, -0.2) is 14.8 Å². The Hall–Kier alpha value is -3.72. The van der Waals surface area contributed by atoms with Gasteiger partial charge in [0.25, 0.3) is 5.56 Å². The predicted octanol–water partition coefficient (Wildman–Crippen LogP) is 3.53. The molecule has 0 saturated carbocycles. The predicted molar refractivity (Wildman–Crippen MR) is 127 cm³/mol. The summed E-state index contributed by atoms with van der Waals surface area (Å²) in [6.45, 7) is 1.45. The molecular weight excluding hydrogens is 424 g/mol. The van der Waals surface area contributed by atoms with Gasteiger partial charge in [0.1, 0.15) is 11.3 Å². The molecule has 6 rings (SSSR count). The molecule has 5 heterocycles. The third kappa shape index (κ3) is 3.04. The van der Waals surface area contributed by atoms with E-state index >= 15 is 0 Å². The van der Waals surface area contributed by atoms with Crippen molar-refractivity contribution in [2.45, 2.75) is 18.9 Å². The number of imidazole rings is 1. The lowest BCUT2D eigenvalue weighted by Gasteiger charge is -2.33. The third-order valence-electron chi connectivity index (χ3n) is 6.15. The van der Waals surface area contributed by atoms with Gasteiger partial charge in [-0.1, -0.05) is 12.1 Å². The second-order valence-electron chi connectivity index (χ2n) is 7.99. The van der Waals surface area contributed by atoms with Crippen molar-refractivity contribution >= 4 is 39.1 Å². The molecule has 32 heavy (non-hydrogen) atoms. The van der Waals surface area contributed by atoms with Crippen molar-refractivity contribution in [2.75, 3.05) is 18.0 Å². The molecule has 1 fully saturated rings. The van der Waals surface area contributed by atoms with Crippen LogP contribution >= 0.6 is 11.3 Å². The monoisotopic (exact) mass is 444 g/mol. The van der Waals surface area contributed by atoms with Gasteiger partial charge in [0.15, 0.2) is 5.82 Å². The first kappa shape index (κ1) is 19.0. The second kappa shape index (κ2) is 7.45. The van der Waals surface area contributed by atoms with Gasteiger partial charge in [-0.3, -0.25) is 9.36 Å². The van der Waals surface area contributed by atoms with E-state index in [0.717, 1.165) is 48.3 Å². The summed E-state index contributed by atoms with van der Waals surface area (Å²) in [5.74, 6) is 1.27. The van der Waals surface area contributed by atoms with Crippen molar-refractivity contribution < 1.29 is 0 Å². The van der Waals surface area contributed by atoms with Crippen LogP contribution < -0.4 is 16.1 Å². The summed E-state index contributed by atoms with van der Waals surface area (Å²) in [5, 5.41) is 4.45. The molecule has 0 atom stereocenters. The zero-order chi connectivity index (χ0) is 21.7. The summed E-state index contributed by atoms with van der Waals surface area (Å²) >= 11 is 1.56. The van der Waals surface area contributed by atoms with Gasteiger partial charge in [-0.15, -0.1) is 0 Å². The molecule has 2 N–H and O–H groups in total. The fraction of sp³-hybridized carbons (Fsp3) is 0.217. The highest BCUT2D eigenvalue weighted by Gasteiger charge is 2.26. The van der Waals surface area contributed by atoms with E-state index in [2.05, 4.69) is 19.9 Å². The topological polar surface area (TPSA) is 99.7 Å². The lowest BCUT2D eigenvalue weighted by atomic mass is 10.0. The fourth-order valence-corrected chi connectivity index (χ4v) is 5.23. The van der Waals surface area contributed by atoms with Gasteiger partial charge < -0.3 is 14.9 Å². The highest BCUT2D eigenvalue weighted by atomic mass is 32.1. The quantitative estimate of drug-likeness (QED) is 0.443. The van der Waals surface area contributed by atoms with Crippen LogP contribution in [0, 0.1) is 0 Å². The standard InChI is InChI=1S/C23H20N6O2S/c30-22-16-5-9-24-21(19(16)26-20(27-22)14-8-12-32-13-14)28-10-6-15(7-11-28)29-18-4-2-1-3-17(18)25-23(29)31/h1-5,8-9,12-13,15H,6-7,10-11H2,(H,25,31)(H,26,27,30). The summed E-state index contributed by atoms with van der Waals surface area (Å²) < 4.78 is 1.88. The van der Waals surface area contributed by atoms with E-state index in [9.17, 15) is 9.59 Å². The van der Waals surface area contributed by atoms with Gasteiger partial charge in [0, 0.05) is 36.3 Å². The largest absolute Gasteiger partial charge is 0.355 e. The molecule has 0 radical (unpaired) electrons. The molecular formula is C23H20N6O2S. The lowest BCUT2D eigenvalue weighted by molar-refractivity contribution is 0.395. The Bertz CT molecular complexity index is 1540. The van der Waals surface area contributed by atoms with E-state index in [4.69, 9.17) is 4.98 Å². The highest BCUT2D eigenvalue weighted by Crippen LogP contribution is 2.30. The van der Waals surface area contributed by atoms with Crippen LogP contribution in [0.15, 0.2) is 62.9 Å². The molecule has 0 unspecified atom stereocenters. The normalized spacial score (nSPS) is 15.1. The summed E-state index contributed by atoms with van der Waals surface area (Å²) in [5.41, 5.74) is 3.07. The van der Waals surface area contributed by atoms with Crippen molar-refractivity contribution in [1.29, 1.82) is 0 Å². The minimum Gasteiger partial charge on any atom is -0.355 e. The summed E-state index contributed by atoms with van der Waals surface area (Å²) in [7, 11) is 0. The molecule has 5 aromatic rings. The molecule has 1 saturated heterocycles. The number of pyridine rings is 1. The molecule has 0 amide bonds. The average Bonchev–Trinajstić information content (AvgIpc) is 3.46. The lowest BCUT2D eigenvalue weighted by Crippen LogP contribution is -2.37. The van der Waals surface area contributed by atoms with Crippen LogP contribution in [-0.4, -0.2) is 37.6 Å². The van der Waals surface area contributed by atoms with Crippen LogP contribution in [0.2, 0.25) is 0 Å². The maximum atomic E-state index is 12.7. The molecule has 9 heteroatoms. The summed E-state index contributed by atoms with van der Waals surface area (Å²) in [6, 6.07) is 11.6. The zero-order valence-corrected chi connectivity index (χ0v) is 17.9. The van der Waals surface area contributed by atoms with Gasteiger partial charge >= 0.3 is 5.69 Å². The zero-order valence-electron chi connectivity index (χ0n) is 17.1. The molecule has 160 valence electrons. The number of rotatable bonds is 3. The average molecular weight is 445 g/mol. The van der Waals surface area contributed by atoms with Gasteiger partial charge in [-0.2, -0.15) is 11.3 Å². The first-order valence-corrected chi connectivity index (χ1v) is 11.5. The van der Waals surface area contributed by atoms with Gasteiger partial charge in [0.05, 0.1) is 16.4 Å². The van der Waals surface area contributed by atoms with Crippen LogP contribution in [-0.2, 0) is 0 Å². The van der Waals surface area contributed by atoms with E-state index in [1.54, 1.807) is 23.6 Å². The fourth-order valence-electron chi connectivity index (χ4n) is 4.59. The van der Waals surface area contributed by atoms with Crippen LogP contribution in [0.3, 0.4) is 0 Å². The Kier molecular flexibility index (Phi) is 4.43. The minimum atomic E-state index is -0.167. The molecule has 0 aliphatic carbocycles. The highest BCUT2D eigenvalue weighted by molar-refractivity contribution is 7.08. The van der Waals surface area contributed by atoms with E-state index in [1.165, 1.54) is 0 Å². The number of thiophene rings is 1. The summed E-state index contributed by atoms with van der Waals surface area (Å²) in [4.78, 5) is 42.7. The van der Waals surface area contributed by atoms with E-state index in [-0.39, 0.29) is 17.3 Å². The molecule has 1 aliphatic rings. The Morgan fingerprint density at radius 2 is 1.88 bits per heavy atom. The smallest absolute Gasteiger partial charge is 0.326 e. The van der Waals surface area contributed by atoms with Crippen molar-refractivity contribution in [3.05, 3.63) is 74.2 Å². The van der Waals surface area contributed by atoms with E-state index in [0.29, 0.717) is 16.7 Å². The minimum absolute atomic E-state index is 0.0680. The van der Waals surface area contributed by atoms with Gasteiger partial charge in [0.2, 0.25) is 0 Å². The number of benzene rings is 1. The molecule has 4 aromatic heterocycles. The van der Waals surface area contributed by atoms with Crippen LogP contribution in [0.25, 0.3) is 33.3 Å². The third-order valence-corrected chi connectivity index (χ3v) is 6.84. The van der Waals surface area contributed by atoms with Crippen molar-refractivity contribution in [3.8, 4) is 11.4 Å². The number of hydrogen-bond acceptors (Lipinski definition) is 6. The maximum absolute atomic E-state index is 12.7. The van der Waals surface area contributed by atoms with E-state index in [1.807, 2.05) is 45.7 Å². The van der Waals surface area contributed by atoms with Crippen LogP contribution in [0.5, 0.6) is 0 Å². The number of aromatic nitrogens is 5. The maximum Gasteiger partial charge on any atom is 0.326 e. The number of aromatic amines is 2. The van der Waals surface area contributed by atoms with Crippen LogP contribution in [0.4, 0.5) is 5.82 Å². The number of hydrogen-bond donors (Lipinski definition) is 2.